The molecule has 1 aliphatic rings. The van der Waals surface area contributed by atoms with Crippen molar-refractivity contribution in [3.8, 4) is 0 Å². The van der Waals surface area contributed by atoms with E-state index in [-0.39, 0.29) is 17.9 Å². The third kappa shape index (κ3) is 1.39. The lowest BCUT2D eigenvalue weighted by molar-refractivity contribution is 0.139. The normalized spacial score (nSPS) is 26.6. The molecule has 1 aliphatic heterocycles. The fourth-order valence-corrected chi connectivity index (χ4v) is 1.59. The summed E-state index contributed by atoms with van der Waals surface area (Å²) in [4.78, 5) is 3.82. The monoisotopic (exact) mass is 202 g/mol. The van der Waals surface area contributed by atoms with Crippen molar-refractivity contribution in [2.75, 3.05) is 6.54 Å². The van der Waals surface area contributed by atoms with Crippen LogP contribution >= 0.6 is 0 Å². The van der Waals surface area contributed by atoms with Crippen LogP contribution in [0.15, 0.2) is 0 Å². The van der Waals surface area contributed by atoms with Gasteiger partial charge in [-0.2, -0.15) is 0 Å². The lowest BCUT2D eigenvalue weighted by atomic mass is 10.2. The predicted molar refractivity (Wildman–Crippen MR) is 46.1 cm³/mol. The minimum atomic E-state index is -2.59. The molecule has 0 aliphatic carbocycles. The Morgan fingerprint density at radius 3 is 2.79 bits per heavy atom. The molecule has 0 fully saturated rings. The van der Waals surface area contributed by atoms with E-state index in [1.54, 1.807) is 4.68 Å². The molecule has 0 aromatic carbocycles. The van der Waals surface area contributed by atoms with E-state index in [1.165, 1.54) is 0 Å². The molecule has 2 atom stereocenters. The van der Waals surface area contributed by atoms with E-state index in [2.05, 4.69) is 15.4 Å². The number of rotatable bonds is 1. The van der Waals surface area contributed by atoms with Crippen molar-refractivity contribution in [3.05, 3.63) is 11.6 Å². The van der Waals surface area contributed by atoms with Gasteiger partial charge in [0, 0.05) is 6.54 Å². The number of nitrogens with zero attached hydrogens (tertiary/aromatic N) is 3. The Bertz CT molecular complexity index is 309. The van der Waals surface area contributed by atoms with Gasteiger partial charge in [-0.1, -0.05) is 0 Å². The van der Waals surface area contributed by atoms with Crippen molar-refractivity contribution in [1.29, 1.82) is 0 Å². The average molecular weight is 202 g/mol. The van der Waals surface area contributed by atoms with Crippen LogP contribution in [0.5, 0.6) is 0 Å². The maximum absolute atomic E-state index is 12.3. The quantitative estimate of drug-likeness (QED) is 0.749. The van der Waals surface area contributed by atoms with Crippen molar-refractivity contribution in [3.63, 3.8) is 0 Å². The van der Waals surface area contributed by atoms with Gasteiger partial charge in [0.25, 0.3) is 6.43 Å². The van der Waals surface area contributed by atoms with Crippen LogP contribution in [-0.2, 0) is 0 Å². The first-order chi connectivity index (χ1) is 6.59. The van der Waals surface area contributed by atoms with Crippen molar-refractivity contribution in [1.82, 2.24) is 20.1 Å². The van der Waals surface area contributed by atoms with E-state index in [9.17, 15) is 8.78 Å². The highest BCUT2D eigenvalue weighted by molar-refractivity contribution is 5.03. The number of nitrogens with one attached hydrogen (secondary N) is 1. The van der Waals surface area contributed by atoms with Gasteiger partial charge in [0.15, 0.2) is 0 Å². The first-order valence-electron chi connectivity index (χ1n) is 4.57. The number of alkyl halides is 2. The summed E-state index contributed by atoms with van der Waals surface area (Å²) in [5.74, 6) is 0.224. The molecule has 2 unspecified atom stereocenters. The first-order valence-corrected chi connectivity index (χ1v) is 4.57. The summed E-state index contributed by atoms with van der Waals surface area (Å²) >= 11 is 0. The Balaban J connectivity index is 2.41. The summed E-state index contributed by atoms with van der Waals surface area (Å²) in [7, 11) is 0. The van der Waals surface area contributed by atoms with Crippen molar-refractivity contribution >= 4 is 0 Å². The third-order valence-corrected chi connectivity index (χ3v) is 2.39. The van der Waals surface area contributed by atoms with E-state index in [0.717, 1.165) is 6.54 Å². The van der Waals surface area contributed by atoms with Gasteiger partial charge in [-0.3, -0.25) is 0 Å². The summed E-state index contributed by atoms with van der Waals surface area (Å²) in [5.41, 5.74) is 0. The molecule has 0 radical (unpaired) electrons. The maximum Gasteiger partial charge on any atom is 0.299 e. The highest BCUT2D eigenvalue weighted by atomic mass is 19.3. The highest BCUT2D eigenvalue weighted by Gasteiger charge is 2.27. The van der Waals surface area contributed by atoms with Gasteiger partial charge in [-0.25, -0.2) is 18.4 Å². The number of hydrogen-bond acceptors (Lipinski definition) is 3. The fraction of sp³-hybridized carbons (Fsp3) is 0.750. The fourth-order valence-electron chi connectivity index (χ4n) is 1.59. The van der Waals surface area contributed by atoms with Crippen LogP contribution < -0.4 is 5.32 Å². The van der Waals surface area contributed by atoms with Crippen LogP contribution in [0.1, 0.15) is 44.0 Å². The summed E-state index contributed by atoms with van der Waals surface area (Å²) in [5, 5.41) is 6.97. The van der Waals surface area contributed by atoms with Gasteiger partial charge < -0.3 is 5.32 Å². The molecule has 2 rings (SSSR count). The summed E-state index contributed by atoms with van der Waals surface area (Å²) in [6.07, 6.45) is -2.59. The Kier molecular flexibility index (Phi) is 2.22. The Labute approximate surface area is 80.3 Å². The SMILES string of the molecule is CC1NCC(C)n2nc(C(F)F)nc21. The van der Waals surface area contributed by atoms with Crippen LogP contribution in [0.4, 0.5) is 8.78 Å². The Hall–Kier alpha value is -1.04. The van der Waals surface area contributed by atoms with Crippen LogP contribution in [0.2, 0.25) is 0 Å². The second kappa shape index (κ2) is 3.27. The Morgan fingerprint density at radius 2 is 2.21 bits per heavy atom. The third-order valence-electron chi connectivity index (χ3n) is 2.39. The summed E-state index contributed by atoms with van der Waals surface area (Å²) in [6, 6.07) is 0.0763. The molecule has 2 heterocycles. The molecule has 1 aromatic rings. The van der Waals surface area contributed by atoms with Gasteiger partial charge in [0.1, 0.15) is 5.82 Å². The molecule has 0 saturated heterocycles. The Morgan fingerprint density at radius 1 is 1.50 bits per heavy atom. The van der Waals surface area contributed by atoms with Crippen molar-refractivity contribution in [2.45, 2.75) is 32.4 Å². The standard InChI is InChI=1S/C8H12F2N4/c1-4-3-11-5(2)8-12-7(6(9)10)13-14(4)8/h4-6,11H,3H2,1-2H3. The van der Waals surface area contributed by atoms with Crippen molar-refractivity contribution < 1.29 is 8.78 Å². The lowest BCUT2D eigenvalue weighted by Gasteiger charge is -2.25. The zero-order valence-electron chi connectivity index (χ0n) is 8.04. The molecule has 6 heteroatoms. The molecule has 0 bridgehead atoms. The number of aromatic nitrogens is 3. The van der Waals surface area contributed by atoms with Crippen molar-refractivity contribution in [2.24, 2.45) is 0 Å². The largest absolute Gasteiger partial charge is 0.305 e. The number of halogens is 2. The molecule has 0 spiro atoms. The maximum atomic E-state index is 12.3. The smallest absolute Gasteiger partial charge is 0.299 e. The molecule has 4 nitrogen and oxygen atoms in total. The molecule has 78 valence electrons. The lowest BCUT2D eigenvalue weighted by Crippen LogP contribution is -2.35. The molecule has 0 amide bonds. The molecular weight excluding hydrogens is 190 g/mol. The summed E-state index contributed by atoms with van der Waals surface area (Å²) < 4.78 is 26.3. The molecule has 1 aromatic heterocycles. The minimum Gasteiger partial charge on any atom is -0.305 e. The molecular formula is C8H12F2N4. The second-order valence-electron chi connectivity index (χ2n) is 3.55. The highest BCUT2D eigenvalue weighted by Crippen LogP contribution is 2.23. The van der Waals surface area contributed by atoms with Gasteiger partial charge in [-0.15, -0.1) is 5.10 Å². The van der Waals surface area contributed by atoms with Crippen LogP contribution in [0.25, 0.3) is 0 Å². The number of fused-ring (bicyclic) bond motifs is 1. The van der Waals surface area contributed by atoms with E-state index in [1.807, 2.05) is 13.8 Å². The van der Waals surface area contributed by atoms with Crippen LogP contribution in [0, 0.1) is 0 Å². The average Bonchev–Trinajstić information content (AvgIpc) is 2.57. The van der Waals surface area contributed by atoms with Gasteiger partial charge in [0.05, 0.1) is 12.1 Å². The molecule has 14 heavy (non-hydrogen) atoms. The van der Waals surface area contributed by atoms with E-state index in [0.29, 0.717) is 5.82 Å². The van der Waals surface area contributed by atoms with Gasteiger partial charge >= 0.3 is 0 Å². The topological polar surface area (TPSA) is 42.7 Å². The zero-order valence-corrected chi connectivity index (χ0v) is 8.04. The van der Waals surface area contributed by atoms with E-state index >= 15 is 0 Å². The minimum absolute atomic E-state index is 0.00815. The van der Waals surface area contributed by atoms with E-state index < -0.39 is 6.43 Å². The first kappa shape index (κ1) is 9.51. The molecule has 0 saturated carbocycles. The summed E-state index contributed by atoms with van der Waals surface area (Å²) in [6.45, 7) is 4.55. The van der Waals surface area contributed by atoms with E-state index in [4.69, 9.17) is 0 Å². The predicted octanol–water partition coefficient (Wildman–Crippen LogP) is 1.44. The second-order valence-corrected chi connectivity index (χ2v) is 3.55. The van der Waals surface area contributed by atoms with Crippen LogP contribution in [-0.4, -0.2) is 21.3 Å². The van der Waals surface area contributed by atoms with Gasteiger partial charge in [-0.05, 0) is 13.8 Å². The molecule has 1 N–H and O–H groups in total. The van der Waals surface area contributed by atoms with Gasteiger partial charge in [0.2, 0.25) is 5.82 Å². The van der Waals surface area contributed by atoms with Crippen LogP contribution in [0.3, 0.4) is 0 Å². The number of hydrogen-bond donors (Lipinski definition) is 1. The zero-order chi connectivity index (χ0) is 10.3.